The normalized spacial score (nSPS) is 17.3. The van der Waals surface area contributed by atoms with Crippen molar-refractivity contribution in [1.29, 1.82) is 0 Å². The molecule has 2 aliphatic rings. The number of aromatic nitrogens is 5. The van der Waals surface area contributed by atoms with Crippen molar-refractivity contribution in [2.75, 3.05) is 13.2 Å². The summed E-state index contributed by atoms with van der Waals surface area (Å²) in [6.07, 6.45) is -0.746. The predicted molar refractivity (Wildman–Crippen MR) is 114 cm³/mol. The Balaban J connectivity index is 1.38. The zero-order valence-electron chi connectivity index (χ0n) is 18.2. The van der Waals surface area contributed by atoms with E-state index in [9.17, 15) is 26.4 Å². The third-order valence-electron chi connectivity index (χ3n) is 5.89. The molecule has 5 rings (SSSR count). The monoisotopic (exact) mass is 530 g/mol. The first kappa shape index (κ1) is 23.8. The maximum Gasteiger partial charge on any atom is 0.408 e. The molecule has 1 saturated heterocycles. The maximum absolute atomic E-state index is 13.4. The summed E-state index contributed by atoms with van der Waals surface area (Å²) < 4.78 is 70.6. The summed E-state index contributed by atoms with van der Waals surface area (Å²) in [5.41, 5.74) is 0.293. The van der Waals surface area contributed by atoms with Crippen molar-refractivity contribution in [1.82, 2.24) is 28.9 Å². The molecule has 0 spiro atoms. The molecule has 10 nitrogen and oxygen atoms in total. The average Bonchev–Trinajstić information content (AvgIpc) is 3.40. The van der Waals surface area contributed by atoms with Crippen LogP contribution in [0.4, 0.5) is 13.2 Å². The van der Waals surface area contributed by atoms with Crippen LogP contribution in [0.2, 0.25) is 5.02 Å². The van der Waals surface area contributed by atoms with E-state index in [0.29, 0.717) is 30.7 Å². The molecule has 0 saturated carbocycles. The van der Waals surface area contributed by atoms with E-state index in [1.807, 2.05) is 0 Å². The van der Waals surface area contributed by atoms with Gasteiger partial charge in [-0.25, -0.2) is 0 Å². The molecule has 0 aliphatic carbocycles. The Morgan fingerprint density at radius 2 is 1.97 bits per heavy atom. The molecule has 186 valence electrons. The quantitative estimate of drug-likeness (QED) is 0.496. The molecular weight excluding hydrogens is 513 g/mol. The fourth-order valence-corrected chi connectivity index (χ4v) is 5.83. The van der Waals surface area contributed by atoms with Gasteiger partial charge in [0, 0.05) is 36.3 Å². The van der Waals surface area contributed by atoms with Crippen LogP contribution in [0.5, 0.6) is 0 Å². The topological polar surface area (TPSA) is 112 Å². The Morgan fingerprint density at radius 1 is 1.23 bits per heavy atom. The van der Waals surface area contributed by atoms with E-state index in [1.54, 1.807) is 18.3 Å². The first-order chi connectivity index (χ1) is 16.4. The van der Waals surface area contributed by atoms with Crippen LogP contribution in [-0.2, 0) is 44.6 Å². The fraction of sp³-hybridized carbons (Fsp3) is 0.400. The van der Waals surface area contributed by atoms with Crippen molar-refractivity contribution in [3.8, 4) is 0 Å². The number of carbonyl (C=O) groups is 1. The molecule has 0 aromatic carbocycles. The van der Waals surface area contributed by atoms with Crippen molar-refractivity contribution >= 4 is 27.5 Å². The second-order valence-corrected chi connectivity index (χ2v) is 10.6. The zero-order chi connectivity index (χ0) is 25.2. The number of pyridine rings is 1. The smallest absolute Gasteiger partial charge is 0.378 e. The molecule has 35 heavy (non-hydrogen) atoms. The van der Waals surface area contributed by atoms with E-state index in [1.165, 1.54) is 18.0 Å². The van der Waals surface area contributed by atoms with Gasteiger partial charge in [-0.05, 0) is 19.1 Å². The summed E-state index contributed by atoms with van der Waals surface area (Å²) in [6, 6.07) is 3.30. The van der Waals surface area contributed by atoms with Gasteiger partial charge in [0.15, 0.2) is 0 Å². The first-order valence-electron chi connectivity index (χ1n) is 10.3. The lowest BCUT2D eigenvalue weighted by atomic mass is 9.80. The Morgan fingerprint density at radius 3 is 2.57 bits per heavy atom. The lowest BCUT2D eigenvalue weighted by molar-refractivity contribution is -0.157. The molecule has 2 aliphatic heterocycles. The Kier molecular flexibility index (Phi) is 5.45. The van der Waals surface area contributed by atoms with Crippen LogP contribution in [-0.4, -0.2) is 62.6 Å². The molecular formula is C20H18ClF3N6O4S. The molecule has 1 amide bonds. The fourth-order valence-electron chi connectivity index (χ4n) is 4.21. The lowest BCUT2D eigenvalue weighted by Crippen LogP contribution is -2.58. The largest absolute Gasteiger partial charge is 0.408 e. The van der Waals surface area contributed by atoms with E-state index in [0.717, 1.165) is 6.20 Å². The standard InChI is InChI=1S/C20H18ClF3N6O4S/c1-12-5-29(9-20(22,23)24)27-17(12)35(32,33)30-7-13-6-28(8-15(13)26-30)18(31)19(10-34-11-19)16-14(21)3-2-4-25-16/h2-5,7H,6,8-11H2,1H3. The number of fused-ring (bicyclic) bond motifs is 1. The number of carbonyl (C=O) groups excluding carboxylic acids is 1. The van der Waals surface area contributed by atoms with Crippen molar-refractivity contribution in [2.24, 2.45) is 0 Å². The van der Waals surface area contributed by atoms with E-state index in [4.69, 9.17) is 16.3 Å². The second-order valence-electron chi connectivity index (χ2n) is 8.48. The summed E-state index contributed by atoms with van der Waals surface area (Å²) in [6.45, 7) is 0.312. The minimum atomic E-state index is -4.55. The number of aryl methyl sites for hydroxylation is 1. The highest BCUT2D eigenvalue weighted by molar-refractivity contribution is 7.89. The molecule has 0 bridgehead atoms. The van der Waals surface area contributed by atoms with Gasteiger partial charge in [0.2, 0.25) is 10.9 Å². The van der Waals surface area contributed by atoms with E-state index in [2.05, 4.69) is 15.2 Å². The van der Waals surface area contributed by atoms with Gasteiger partial charge in [0.25, 0.3) is 0 Å². The second kappa shape index (κ2) is 8.03. The van der Waals surface area contributed by atoms with Crippen molar-refractivity contribution in [2.45, 2.75) is 43.2 Å². The number of halogens is 4. The van der Waals surface area contributed by atoms with E-state index in [-0.39, 0.29) is 37.8 Å². The molecule has 3 aromatic heterocycles. The lowest BCUT2D eigenvalue weighted by Gasteiger charge is -2.41. The minimum Gasteiger partial charge on any atom is -0.378 e. The highest BCUT2D eigenvalue weighted by Crippen LogP contribution is 2.39. The third-order valence-corrected chi connectivity index (χ3v) is 7.77. The van der Waals surface area contributed by atoms with Crippen molar-refractivity contribution in [3.05, 3.63) is 58.3 Å². The third kappa shape index (κ3) is 3.98. The van der Waals surface area contributed by atoms with Gasteiger partial charge in [-0.2, -0.15) is 35.9 Å². The summed E-state index contributed by atoms with van der Waals surface area (Å²) in [5, 5.41) is 7.54. The molecule has 15 heteroatoms. The van der Waals surface area contributed by atoms with Gasteiger partial charge in [0.05, 0.1) is 36.2 Å². The Hall–Kier alpha value is -2.97. The Bertz CT molecular complexity index is 1410. The highest BCUT2D eigenvalue weighted by atomic mass is 35.5. The summed E-state index contributed by atoms with van der Waals surface area (Å²) in [5.74, 6) is -0.265. The van der Waals surface area contributed by atoms with Crippen molar-refractivity contribution in [3.63, 3.8) is 0 Å². The molecule has 0 atom stereocenters. The van der Waals surface area contributed by atoms with Gasteiger partial charge in [0.1, 0.15) is 12.0 Å². The number of hydrogen-bond acceptors (Lipinski definition) is 7. The SMILES string of the molecule is Cc1cn(CC(F)(F)F)nc1S(=O)(=O)n1cc2c(n1)CN(C(=O)C1(c3ncccc3Cl)COC1)C2. The number of hydrogen-bond donors (Lipinski definition) is 0. The van der Waals surface area contributed by atoms with Crippen molar-refractivity contribution < 1.29 is 31.1 Å². The number of ether oxygens (including phenoxy) is 1. The number of alkyl halides is 3. The van der Waals surface area contributed by atoms with Crippen LogP contribution in [0.25, 0.3) is 0 Å². The first-order valence-corrected chi connectivity index (χ1v) is 12.1. The number of rotatable bonds is 5. The Labute approximate surface area is 202 Å². The van der Waals surface area contributed by atoms with Gasteiger partial charge in [-0.3, -0.25) is 14.5 Å². The number of amides is 1. The summed E-state index contributed by atoms with van der Waals surface area (Å²) in [7, 11) is -4.34. The predicted octanol–water partition coefficient (Wildman–Crippen LogP) is 2.05. The van der Waals surface area contributed by atoms with Gasteiger partial charge >= 0.3 is 16.2 Å². The van der Waals surface area contributed by atoms with Crippen LogP contribution in [0, 0.1) is 6.92 Å². The maximum atomic E-state index is 13.4. The molecule has 5 heterocycles. The van der Waals surface area contributed by atoms with Gasteiger partial charge < -0.3 is 9.64 Å². The summed E-state index contributed by atoms with van der Waals surface area (Å²) in [4.78, 5) is 19.2. The van der Waals surface area contributed by atoms with Crippen LogP contribution in [0.15, 0.2) is 35.7 Å². The van der Waals surface area contributed by atoms with Gasteiger partial charge in [-0.1, -0.05) is 11.6 Å². The van der Waals surface area contributed by atoms with Crippen LogP contribution < -0.4 is 0 Å². The molecule has 0 unspecified atom stereocenters. The zero-order valence-corrected chi connectivity index (χ0v) is 19.7. The molecule has 3 aromatic rings. The molecule has 1 fully saturated rings. The highest BCUT2D eigenvalue weighted by Gasteiger charge is 2.52. The molecule has 0 radical (unpaired) electrons. The van der Waals surface area contributed by atoms with Crippen LogP contribution in [0.3, 0.4) is 0 Å². The minimum absolute atomic E-state index is 0.0460. The van der Waals surface area contributed by atoms with Crippen LogP contribution in [0.1, 0.15) is 22.5 Å². The van der Waals surface area contributed by atoms with E-state index >= 15 is 0 Å². The van der Waals surface area contributed by atoms with Gasteiger partial charge in [-0.15, -0.1) is 0 Å². The summed E-state index contributed by atoms with van der Waals surface area (Å²) >= 11 is 6.28. The molecule has 0 N–H and O–H groups in total. The number of nitrogens with zero attached hydrogens (tertiary/aromatic N) is 6. The van der Waals surface area contributed by atoms with E-state index < -0.39 is 33.2 Å². The average molecular weight is 531 g/mol. The van der Waals surface area contributed by atoms with Crippen LogP contribution >= 0.6 is 11.6 Å².